The first kappa shape index (κ1) is 15.8. The Kier molecular flexibility index (Phi) is 4.49. The molecule has 112 valence electrons. The molecule has 1 fully saturated rings. The van der Waals surface area contributed by atoms with Crippen molar-refractivity contribution >= 4 is 34.0 Å². The molecule has 20 heavy (non-hydrogen) atoms. The Morgan fingerprint density at radius 2 is 1.90 bits per heavy atom. The minimum absolute atomic E-state index is 0.293. The predicted octanol–water partition coefficient (Wildman–Crippen LogP) is 3.76. The lowest BCUT2D eigenvalue weighted by Crippen LogP contribution is -2.42. The fraction of sp³-hybridized carbons (Fsp3) is 0.600. The first-order chi connectivity index (χ1) is 9.21. The molecule has 3 nitrogen and oxygen atoms in total. The summed E-state index contributed by atoms with van der Waals surface area (Å²) < 4.78 is 14.1. The summed E-state index contributed by atoms with van der Waals surface area (Å²) in [5, 5.41) is 13.7. The van der Waals surface area contributed by atoms with E-state index in [0.29, 0.717) is 26.9 Å². The second-order valence-electron chi connectivity index (χ2n) is 6.60. The average molecular weight is 392 g/mol. The first-order valence-electron chi connectivity index (χ1n) is 6.92. The van der Waals surface area contributed by atoms with Gasteiger partial charge in [0.1, 0.15) is 5.82 Å². The third kappa shape index (κ3) is 3.75. The van der Waals surface area contributed by atoms with E-state index in [1.807, 2.05) is 22.6 Å². The van der Waals surface area contributed by atoms with Gasteiger partial charge in [-0.05, 0) is 59.8 Å². The Labute approximate surface area is 133 Å². The Morgan fingerprint density at radius 1 is 1.30 bits per heavy atom. The van der Waals surface area contributed by atoms with E-state index in [1.54, 1.807) is 6.07 Å². The highest BCUT2D eigenvalue weighted by Gasteiger charge is 2.36. The summed E-state index contributed by atoms with van der Waals surface area (Å²) in [7, 11) is 0. The van der Waals surface area contributed by atoms with Gasteiger partial charge in [-0.1, -0.05) is 13.8 Å². The van der Waals surface area contributed by atoms with E-state index in [0.717, 1.165) is 25.7 Å². The molecule has 0 unspecified atom stereocenters. The second-order valence-corrected chi connectivity index (χ2v) is 7.76. The van der Waals surface area contributed by atoms with Crippen LogP contribution in [0.25, 0.3) is 0 Å². The number of anilines is 2. The molecular weight excluding hydrogens is 370 g/mol. The number of hydrogen-bond acceptors (Lipinski definition) is 3. The van der Waals surface area contributed by atoms with Gasteiger partial charge in [0.15, 0.2) is 0 Å². The maximum atomic E-state index is 13.6. The molecular formula is C15H22FIN2O. The Bertz CT molecular complexity index is 495. The molecule has 0 spiro atoms. The highest BCUT2D eigenvalue weighted by molar-refractivity contribution is 14.1. The zero-order chi connectivity index (χ0) is 15.0. The molecule has 0 aliphatic heterocycles. The van der Waals surface area contributed by atoms with Gasteiger partial charge < -0.3 is 16.2 Å². The van der Waals surface area contributed by atoms with Crippen molar-refractivity contribution in [2.75, 3.05) is 17.6 Å². The SMILES string of the molecule is CC1(C)CCC(O)(CNc2cc(F)c(I)cc2N)CC1. The standard InChI is InChI=1S/C15H22FIN2O/c1-14(2)3-5-15(20,6-4-14)9-19-13-7-10(16)11(17)8-12(13)18/h7-8,19-20H,3-6,9,18H2,1-2H3. The molecule has 0 radical (unpaired) electrons. The summed E-state index contributed by atoms with van der Waals surface area (Å²) in [5.41, 5.74) is 6.53. The van der Waals surface area contributed by atoms with E-state index >= 15 is 0 Å². The predicted molar refractivity (Wildman–Crippen MR) is 89.2 cm³/mol. The van der Waals surface area contributed by atoms with Crippen LogP contribution >= 0.6 is 22.6 Å². The van der Waals surface area contributed by atoms with Crippen LogP contribution in [0, 0.1) is 14.8 Å². The van der Waals surface area contributed by atoms with E-state index in [1.165, 1.54) is 6.07 Å². The number of nitrogens with two attached hydrogens (primary N) is 1. The number of benzene rings is 1. The monoisotopic (exact) mass is 392 g/mol. The van der Waals surface area contributed by atoms with Crippen molar-refractivity contribution in [3.8, 4) is 0 Å². The van der Waals surface area contributed by atoms with Crippen LogP contribution in [0.5, 0.6) is 0 Å². The van der Waals surface area contributed by atoms with Crippen LogP contribution in [0.1, 0.15) is 39.5 Å². The van der Waals surface area contributed by atoms with Crippen LogP contribution in [-0.2, 0) is 0 Å². The van der Waals surface area contributed by atoms with Gasteiger partial charge in [0.2, 0.25) is 0 Å². The van der Waals surface area contributed by atoms with Gasteiger partial charge in [-0.2, -0.15) is 0 Å². The third-order valence-electron chi connectivity index (χ3n) is 4.23. The zero-order valence-corrected chi connectivity index (χ0v) is 14.1. The average Bonchev–Trinajstić information content (AvgIpc) is 2.37. The molecule has 1 aliphatic carbocycles. The number of halogens is 2. The highest BCUT2D eigenvalue weighted by atomic mass is 127. The lowest BCUT2D eigenvalue weighted by molar-refractivity contribution is -0.0145. The van der Waals surface area contributed by atoms with Gasteiger partial charge in [0, 0.05) is 12.6 Å². The van der Waals surface area contributed by atoms with Crippen LogP contribution in [0.3, 0.4) is 0 Å². The van der Waals surface area contributed by atoms with Gasteiger partial charge in [-0.3, -0.25) is 0 Å². The van der Waals surface area contributed by atoms with Crippen molar-refractivity contribution < 1.29 is 9.50 Å². The molecule has 1 aromatic rings. The fourth-order valence-corrected chi connectivity index (χ4v) is 3.04. The molecule has 1 aliphatic rings. The van der Waals surface area contributed by atoms with Gasteiger partial charge in [-0.15, -0.1) is 0 Å². The number of hydrogen-bond donors (Lipinski definition) is 3. The molecule has 4 N–H and O–H groups in total. The van der Waals surface area contributed by atoms with E-state index in [2.05, 4.69) is 19.2 Å². The molecule has 0 atom stereocenters. The number of nitrogen functional groups attached to an aromatic ring is 1. The van der Waals surface area contributed by atoms with Crippen molar-refractivity contribution in [2.24, 2.45) is 5.41 Å². The van der Waals surface area contributed by atoms with Gasteiger partial charge in [0.05, 0.1) is 20.5 Å². The Hall–Kier alpha value is -0.560. The lowest BCUT2D eigenvalue weighted by Gasteiger charge is -2.40. The lowest BCUT2D eigenvalue weighted by atomic mass is 9.71. The van der Waals surface area contributed by atoms with Crippen LogP contribution in [0.2, 0.25) is 0 Å². The number of nitrogens with one attached hydrogen (secondary N) is 1. The maximum absolute atomic E-state index is 13.6. The third-order valence-corrected chi connectivity index (χ3v) is 5.06. The summed E-state index contributed by atoms with van der Waals surface area (Å²) in [6.07, 6.45) is 3.53. The van der Waals surface area contributed by atoms with Crippen molar-refractivity contribution in [2.45, 2.75) is 45.1 Å². The zero-order valence-electron chi connectivity index (χ0n) is 12.0. The van der Waals surface area contributed by atoms with Crippen molar-refractivity contribution in [3.63, 3.8) is 0 Å². The maximum Gasteiger partial charge on any atom is 0.138 e. The summed E-state index contributed by atoms with van der Waals surface area (Å²) in [6, 6.07) is 3.00. The Morgan fingerprint density at radius 3 is 2.50 bits per heavy atom. The van der Waals surface area contributed by atoms with Gasteiger partial charge in [0.25, 0.3) is 0 Å². The van der Waals surface area contributed by atoms with Gasteiger partial charge >= 0.3 is 0 Å². The van der Waals surface area contributed by atoms with Crippen LogP contribution in [0.15, 0.2) is 12.1 Å². The summed E-state index contributed by atoms with van der Waals surface area (Å²) in [6.45, 7) is 4.87. The number of rotatable bonds is 3. The second kappa shape index (κ2) is 5.67. The minimum Gasteiger partial charge on any atom is -0.397 e. The van der Waals surface area contributed by atoms with E-state index in [9.17, 15) is 9.50 Å². The molecule has 0 saturated heterocycles. The van der Waals surface area contributed by atoms with E-state index in [-0.39, 0.29) is 5.82 Å². The molecule has 0 amide bonds. The highest BCUT2D eigenvalue weighted by Crippen LogP contribution is 2.40. The minimum atomic E-state index is -0.721. The van der Waals surface area contributed by atoms with Gasteiger partial charge in [-0.25, -0.2) is 4.39 Å². The largest absolute Gasteiger partial charge is 0.397 e. The summed E-state index contributed by atoms with van der Waals surface area (Å²) in [4.78, 5) is 0. The smallest absolute Gasteiger partial charge is 0.138 e. The normalized spacial score (nSPS) is 20.6. The quantitative estimate of drug-likeness (QED) is 0.543. The Balaban J connectivity index is 2.00. The van der Waals surface area contributed by atoms with E-state index < -0.39 is 5.60 Å². The van der Waals surface area contributed by atoms with E-state index in [4.69, 9.17) is 5.73 Å². The van der Waals surface area contributed by atoms with Crippen molar-refractivity contribution in [3.05, 3.63) is 21.5 Å². The van der Waals surface area contributed by atoms with Crippen molar-refractivity contribution in [1.82, 2.24) is 0 Å². The van der Waals surface area contributed by atoms with Crippen molar-refractivity contribution in [1.29, 1.82) is 0 Å². The number of aliphatic hydroxyl groups is 1. The summed E-state index contributed by atoms with van der Waals surface area (Å²) in [5.74, 6) is -0.293. The topological polar surface area (TPSA) is 58.3 Å². The molecule has 1 saturated carbocycles. The first-order valence-corrected chi connectivity index (χ1v) is 8.00. The molecule has 2 rings (SSSR count). The molecule has 0 heterocycles. The molecule has 1 aromatic carbocycles. The molecule has 0 bridgehead atoms. The molecule has 0 aromatic heterocycles. The fourth-order valence-electron chi connectivity index (χ4n) is 2.54. The van der Waals surface area contributed by atoms with Crippen LogP contribution in [-0.4, -0.2) is 17.3 Å². The molecule has 5 heteroatoms. The van der Waals surface area contributed by atoms with Crippen LogP contribution < -0.4 is 11.1 Å². The summed E-state index contributed by atoms with van der Waals surface area (Å²) >= 11 is 1.91. The van der Waals surface area contributed by atoms with Crippen LogP contribution in [0.4, 0.5) is 15.8 Å².